The van der Waals surface area contributed by atoms with Gasteiger partial charge in [-0.05, 0) is 13.8 Å². The number of hydrogen-bond donors (Lipinski definition) is 2. The smallest absolute Gasteiger partial charge is 0.332 e. The molecule has 0 saturated heterocycles. The second-order valence-corrected chi connectivity index (χ2v) is 4.58. The summed E-state index contributed by atoms with van der Waals surface area (Å²) in [7, 11) is 3.31. The van der Waals surface area contributed by atoms with Crippen LogP contribution in [0.5, 0.6) is 0 Å². The molecule has 0 aliphatic carbocycles. The fraction of sp³-hybridized carbons (Fsp3) is 0.583. The topological polar surface area (TPSA) is 113 Å². The lowest BCUT2D eigenvalue weighted by Crippen LogP contribution is -2.24. The van der Waals surface area contributed by atoms with E-state index in [-0.39, 0.29) is 36.1 Å². The van der Waals surface area contributed by atoms with Gasteiger partial charge in [-0.3, -0.25) is 14.9 Å². The molecule has 0 unspecified atom stereocenters. The van der Waals surface area contributed by atoms with Crippen LogP contribution in [0.15, 0.2) is 0 Å². The molecule has 0 aliphatic heterocycles. The minimum Gasteiger partial charge on any atom is -0.364 e. The second kappa shape index (κ2) is 7.36. The van der Waals surface area contributed by atoms with E-state index in [2.05, 4.69) is 20.6 Å². The van der Waals surface area contributed by atoms with Crippen LogP contribution in [0.4, 0.5) is 17.5 Å². The molecule has 1 rings (SSSR count). The Balaban J connectivity index is 2.92. The minimum absolute atomic E-state index is 0.0668. The molecule has 0 fully saturated rings. The summed E-state index contributed by atoms with van der Waals surface area (Å²) in [5.41, 5.74) is 0.0985. The van der Waals surface area contributed by atoms with Crippen molar-refractivity contribution in [1.82, 2.24) is 14.9 Å². The molecule has 0 bridgehead atoms. The summed E-state index contributed by atoms with van der Waals surface area (Å²) in [6.07, 6.45) is 0.226. The quantitative estimate of drug-likeness (QED) is 0.570. The van der Waals surface area contributed by atoms with Crippen LogP contribution in [-0.4, -0.2) is 52.9 Å². The largest absolute Gasteiger partial charge is 0.364 e. The Morgan fingerprint density at radius 3 is 2.52 bits per heavy atom. The fourth-order valence-electron chi connectivity index (χ4n) is 1.66. The lowest BCUT2D eigenvalue weighted by Gasteiger charge is -2.12. The summed E-state index contributed by atoms with van der Waals surface area (Å²) in [6, 6.07) is 0. The minimum atomic E-state index is -0.527. The molecular weight excluding hydrogens is 276 g/mol. The number of rotatable bonds is 7. The van der Waals surface area contributed by atoms with E-state index in [1.807, 2.05) is 6.92 Å². The highest BCUT2D eigenvalue weighted by Gasteiger charge is 2.22. The van der Waals surface area contributed by atoms with Gasteiger partial charge in [0.05, 0.1) is 4.92 Å². The highest BCUT2D eigenvalue weighted by molar-refractivity contribution is 5.76. The van der Waals surface area contributed by atoms with Crippen molar-refractivity contribution in [3.8, 4) is 0 Å². The molecule has 0 spiro atoms. The number of anilines is 2. The van der Waals surface area contributed by atoms with Gasteiger partial charge in [0.25, 0.3) is 0 Å². The van der Waals surface area contributed by atoms with E-state index in [0.717, 1.165) is 0 Å². The number of carbonyl (C=O) groups excluding carboxylic acids is 1. The van der Waals surface area contributed by atoms with Crippen LogP contribution in [0.2, 0.25) is 0 Å². The van der Waals surface area contributed by atoms with Crippen LogP contribution in [0.3, 0.4) is 0 Å². The third kappa shape index (κ3) is 4.55. The van der Waals surface area contributed by atoms with Gasteiger partial charge < -0.3 is 15.5 Å². The number of amides is 1. The highest BCUT2D eigenvalue weighted by Crippen LogP contribution is 2.26. The molecule has 1 aromatic heterocycles. The van der Waals surface area contributed by atoms with E-state index >= 15 is 0 Å². The Morgan fingerprint density at radius 1 is 1.33 bits per heavy atom. The summed E-state index contributed by atoms with van der Waals surface area (Å²) in [4.78, 5) is 31.7. The molecule has 2 N–H and O–H groups in total. The third-order valence-corrected chi connectivity index (χ3v) is 2.71. The first-order chi connectivity index (χ1) is 9.86. The predicted molar refractivity (Wildman–Crippen MR) is 79.4 cm³/mol. The zero-order valence-electron chi connectivity index (χ0n) is 12.6. The molecule has 0 atom stereocenters. The Labute approximate surface area is 122 Å². The Hall–Kier alpha value is -2.45. The Bertz CT molecular complexity index is 532. The number of nitrogens with zero attached hydrogens (tertiary/aromatic N) is 4. The summed E-state index contributed by atoms with van der Waals surface area (Å²) in [6.45, 7) is 4.30. The molecule has 0 radical (unpaired) electrons. The molecular formula is C12H20N6O3. The van der Waals surface area contributed by atoms with Crippen molar-refractivity contribution < 1.29 is 9.72 Å². The Kier molecular flexibility index (Phi) is 5.82. The average Bonchev–Trinajstić information content (AvgIpc) is 2.37. The van der Waals surface area contributed by atoms with Crippen molar-refractivity contribution in [2.45, 2.75) is 20.3 Å². The average molecular weight is 296 g/mol. The monoisotopic (exact) mass is 296 g/mol. The van der Waals surface area contributed by atoms with Gasteiger partial charge in [-0.25, -0.2) is 4.98 Å². The van der Waals surface area contributed by atoms with Crippen LogP contribution in [0.1, 0.15) is 19.0 Å². The first-order valence-electron chi connectivity index (χ1n) is 6.57. The van der Waals surface area contributed by atoms with E-state index in [1.165, 1.54) is 4.90 Å². The summed E-state index contributed by atoms with van der Waals surface area (Å²) < 4.78 is 0. The van der Waals surface area contributed by atoms with E-state index in [9.17, 15) is 14.9 Å². The second-order valence-electron chi connectivity index (χ2n) is 4.58. The van der Waals surface area contributed by atoms with Crippen molar-refractivity contribution in [1.29, 1.82) is 0 Å². The lowest BCUT2D eigenvalue weighted by atomic mass is 10.3. The molecule has 9 nitrogen and oxygen atoms in total. The zero-order valence-corrected chi connectivity index (χ0v) is 12.6. The molecule has 1 amide bonds. The predicted octanol–water partition coefficient (Wildman–Crippen LogP) is 1.02. The molecule has 116 valence electrons. The lowest BCUT2D eigenvalue weighted by molar-refractivity contribution is -0.385. The van der Waals surface area contributed by atoms with Gasteiger partial charge >= 0.3 is 5.69 Å². The molecule has 21 heavy (non-hydrogen) atoms. The number of nitro groups is 1. The summed E-state index contributed by atoms with van der Waals surface area (Å²) in [5.74, 6) is 0.375. The van der Waals surface area contributed by atoms with Gasteiger partial charge in [0.15, 0.2) is 0 Å². The van der Waals surface area contributed by atoms with Gasteiger partial charge in [-0.1, -0.05) is 0 Å². The van der Waals surface area contributed by atoms with Crippen LogP contribution < -0.4 is 10.6 Å². The van der Waals surface area contributed by atoms with Gasteiger partial charge in [0.1, 0.15) is 5.69 Å². The third-order valence-electron chi connectivity index (χ3n) is 2.71. The number of aromatic nitrogens is 2. The fourth-order valence-corrected chi connectivity index (χ4v) is 1.66. The van der Waals surface area contributed by atoms with Crippen molar-refractivity contribution in [3.05, 3.63) is 15.8 Å². The van der Waals surface area contributed by atoms with Crippen LogP contribution >= 0.6 is 0 Å². The maximum Gasteiger partial charge on any atom is 0.332 e. The molecule has 9 heteroatoms. The van der Waals surface area contributed by atoms with E-state index in [0.29, 0.717) is 12.5 Å². The van der Waals surface area contributed by atoms with Crippen molar-refractivity contribution in [2.24, 2.45) is 0 Å². The molecule has 1 aromatic rings. The van der Waals surface area contributed by atoms with Crippen LogP contribution in [0, 0.1) is 17.0 Å². The van der Waals surface area contributed by atoms with Crippen LogP contribution in [0.25, 0.3) is 0 Å². The molecule has 1 heterocycles. The molecule has 0 aliphatic rings. The van der Waals surface area contributed by atoms with Crippen molar-refractivity contribution in [3.63, 3.8) is 0 Å². The van der Waals surface area contributed by atoms with Gasteiger partial charge in [0, 0.05) is 33.6 Å². The maximum atomic E-state index is 11.5. The maximum absolute atomic E-state index is 11.5. The van der Waals surface area contributed by atoms with E-state index < -0.39 is 4.92 Å². The first-order valence-corrected chi connectivity index (χ1v) is 6.57. The van der Waals surface area contributed by atoms with Crippen molar-refractivity contribution >= 4 is 23.4 Å². The normalized spacial score (nSPS) is 10.1. The zero-order chi connectivity index (χ0) is 16.0. The number of hydrogen-bond acceptors (Lipinski definition) is 7. The SMILES string of the molecule is CCNc1nc(C)c([N+](=O)[O-])c(NCCC(=O)N(C)C)n1. The van der Waals surface area contributed by atoms with Gasteiger partial charge in [-0.2, -0.15) is 4.98 Å². The van der Waals surface area contributed by atoms with E-state index in [1.54, 1.807) is 21.0 Å². The van der Waals surface area contributed by atoms with Gasteiger partial charge in [-0.15, -0.1) is 0 Å². The number of nitrogens with one attached hydrogen (secondary N) is 2. The molecule has 0 saturated carbocycles. The number of aryl methyl sites for hydroxylation is 1. The van der Waals surface area contributed by atoms with Gasteiger partial charge in [0.2, 0.25) is 17.7 Å². The molecule has 0 aromatic carbocycles. The first kappa shape index (κ1) is 16.6. The van der Waals surface area contributed by atoms with Crippen molar-refractivity contribution in [2.75, 3.05) is 37.8 Å². The van der Waals surface area contributed by atoms with Crippen LogP contribution in [-0.2, 0) is 4.79 Å². The van der Waals surface area contributed by atoms with E-state index in [4.69, 9.17) is 0 Å². The highest BCUT2D eigenvalue weighted by atomic mass is 16.6. The Morgan fingerprint density at radius 2 is 2.00 bits per heavy atom. The summed E-state index contributed by atoms with van der Waals surface area (Å²) in [5, 5.41) is 16.9. The number of carbonyl (C=O) groups is 1. The summed E-state index contributed by atoms with van der Waals surface area (Å²) >= 11 is 0. The standard InChI is InChI=1S/C12H20N6O3/c1-5-13-12-15-8(2)10(18(20)21)11(16-12)14-7-6-9(19)17(3)4/h5-7H2,1-4H3,(H2,13,14,15,16).